The molecule has 0 bridgehead atoms. The standard InChI is InChI=1S/C14H23N3O4S/c1-12(10-21-11-13-5-3-2-4-6-13)9-17-14(18)16-7-8-22(15,19)20/h2-6,12H,7-11H2,1H3,(H2,15,19,20)(H2,16,17,18)/t12-/m1/s1. The Bertz CT molecular complexity index is 548. The van der Waals surface area contributed by atoms with Crippen LogP contribution in [0.4, 0.5) is 4.79 Å². The average Bonchev–Trinajstić information content (AvgIpc) is 2.45. The molecular weight excluding hydrogens is 306 g/mol. The van der Waals surface area contributed by atoms with Crippen molar-refractivity contribution in [2.45, 2.75) is 13.5 Å². The number of hydrogen-bond donors (Lipinski definition) is 3. The number of rotatable bonds is 9. The summed E-state index contributed by atoms with van der Waals surface area (Å²) in [5, 5.41) is 9.91. The van der Waals surface area contributed by atoms with Gasteiger partial charge in [0.25, 0.3) is 0 Å². The molecule has 1 atom stereocenters. The SMILES string of the molecule is C[C@H](CNC(=O)NCCS(N)(=O)=O)COCc1ccccc1. The van der Waals surface area contributed by atoms with Gasteiger partial charge in [-0.05, 0) is 11.5 Å². The zero-order valence-electron chi connectivity index (χ0n) is 12.6. The van der Waals surface area contributed by atoms with Crippen molar-refractivity contribution in [3.05, 3.63) is 35.9 Å². The minimum absolute atomic E-state index is 0.0104. The van der Waals surface area contributed by atoms with E-state index in [9.17, 15) is 13.2 Å². The van der Waals surface area contributed by atoms with Crippen molar-refractivity contribution in [3.8, 4) is 0 Å². The van der Waals surface area contributed by atoms with Gasteiger partial charge in [0, 0.05) is 13.1 Å². The quantitative estimate of drug-likeness (QED) is 0.610. The molecule has 8 heteroatoms. The molecule has 1 aromatic carbocycles. The number of hydrogen-bond acceptors (Lipinski definition) is 4. The van der Waals surface area contributed by atoms with Crippen molar-refractivity contribution >= 4 is 16.1 Å². The van der Waals surface area contributed by atoms with Crippen LogP contribution < -0.4 is 15.8 Å². The maximum atomic E-state index is 11.4. The van der Waals surface area contributed by atoms with Crippen molar-refractivity contribution in [3.63, 3.8) is 0 Å². The average molecular weight is 329 g/mol. The van der Waals surface area contributed by atoms with E-state index in [0.29, 0.717) is 19.8 Å². The normalized spacial score (nSPS) is 12.6. The number of benzene rings is 1. The molecule has 0 aliphatic carbocycles. The Balaban J connectivity index is 2.09. The summed E-state index contributed by atoms with van der Waals surface area (Å²) in [5.41, 5.74) is 1.10. The summed E-state index contributed by atoms with van der Waals surface area (Å²) in [7, 11) is -3.55. The monoisotopic (exact) mass is 329 g/mol. The first-order valence-corrected chi connectivity index (χ1v) is 8.72. The molecule has 124 valence electrons. The van der Waals surface area contributed by atoms with Gasteiger partial charge in [-0.2, -0.15) is 0 Å². The fourth-order valence-corrected chi connectivity index (χ4v) is 2.03. The van der Waals surface area contributed by atoms with Crippen LogP contribution in [0.15, 0.2) is 30.3 Å². The van der Waals surface area contributed by atoms with Gasteiger partial charge >= 0.3 is 6.03 Å². The van der Waals surface area contributed by atoms with Gasteiger partial charge in [0.05, 0.1) is 19.0 Å². The lowest BCUT2D eigenvalue weighted by Crippen LogP contribution is -2.41. The molecule has 4 N–H and O–H groups in total. The lowest BCUT2D eigenvalue weighted by Gasteiger charge is -2.13. The van der Waals surface area contributed by atoms with Crippen LogP contribution in [0, 0.1) is 5.92 Å². The summed E-state index contributed by atoms with van der Waals surface area (Å²) >= 11 is 0. The number of urea groups is 1. The molecule has 0 fully saturated rings. The number of ether oxygens (including phenoxy) is 1. The molecule has 22 heavy (non-hydrogen) atoms. The Morgan fingerprint density at radius 1 is 1.27 bits per heavy atom. The highest BCUT2D eigenvalue weighted by atomic mass is 32.2. The van der Waals surface area contributed by atoms with Gasteiger partial charge in [-0.25, -0.2) is 18.4 Å². The number of nitrogens with two attached hydrogens (primary N) is 1. The van der Waals surface area contributed by atoms with E-state index in [-0.39, 0.29) is 18.2 Å². The summed E-state index contributed by atoms with van der Waals surface area (Å²) in [6, 6.07) is 9.41. The Morgan fingerprint density at radius 2 is 1.95 bits per heavy atom. The topological polar surface area (TPSA) is 111 Å². The molecule has 0 unspecified atom stereocenters. The smallest absolute Gasteiger partial charge is 0.314 e. The Kier molecular flexibility index (Phi) is 7.86. The van der Waals surface area contributed by atoms with Gasteiger partial charge in [0.2, 0.25) is 10.0 Å². The van der Waals surface area contributed by atoms with Crippen LogP contribution in [0.25, 0.3) is 0 Å². The van der Waals surface area contributed by atoms with Crippen molar-refractivity contribution in [2.24, 2.45) is 11.1 Å². The van der Waals surface area contributed by atoms with Crippen LogP contribution in [-0.2, 0) is 21.4 Å². The van der Waals surface area contributed by atoms with E-state index >= 15 is 0 Å². The lowest BCUT2D eigenvalue weighted by atomic mass is 10.2. The third kappa shape index (κ3) is 9.32. The van der Waals surface area contributed by atoms with Crippen LogP contribution in [-0.4, -0.2) is 39.9 Å². The summed E-state index contributed by atoms with van der Waals surface area (Å²) in [4.78, 5) is 11.4. The molecule has 0 aliphatic heterocycles. The third-order valence-electron chi connectivity index (χ3n) is 2.80. The van der Waals surface area contributed by atoms with Gasteiger partial charge < -0.3 is 15.4 Å². The predicted octanol–water partition coefficient (Wildman–Crippen LogP) is 0.427. The van der Waals surface area contributed by atoms with E-state index in [0.717, 1.165) is 5.56 Å². The van der Waals surface area contributed by atoms with Crippen LogP contribution in [0.1, 0.15) is 12.5 Å². The number of primary sulfonamides is 1. The van der Waals surface area contributed by atoms with E-state index < -0.39 is 16.1 Å². The molecule has 0 aromatic heterocycles. The predicted molar refractivity (Wildman–Crippen MR) is 84.6 cm³/mol. The van der Waals surface area contributed by atoms with Crippen LogP contribution in [0.5, 0.6) is 0 Å². The highest BCUT2D eigenvalue weighted by Gasteiger charge is 2.07. The van der Waals surface area contributed by atoms with Crippen LogP contribution >= 0.6 is 0 Å². The molecule has 0 saturated heterocycles. The van der Waals surface area contributed by atoms with Gasteiger partial charge in [0.1, 0.15) is 0 Å². The fourth-order valence-electron chi connectivity index (χ4n) is 1.65. The zero-order valence-corrected chi connectivity index (χ0v) is 13.4. The maximum absolute atomic E-state index is 11.4. The van der Waals surface area contributed by atoms with Gasteiger partial charge in [0.15, 0.2) is 0 Å². The van der Waals surface area contributed by atoms with Gasteiger partial charge in [-0.15, -0.1) is 0 Å². The van der Waals surface area contributed by atoms with Crippen molar-refractivity contribution in [1.82, 2.24) is 10.6 Å². The Morgan fingerprint density at radius 3 is 2.59 bits per heavy atom. The largest absolute Gasteiger partial charge is 0.376 e. The van der Waals surface area contributed by atoms with E-state index in [1.54, 1.807) is 0 Å². The molecule has 7 nitrogen and oxygen atoms in total. The number of amides is 2. The van der Waals surface area contributed by atoms with Crippen LogP contribution in [0.3, 0.4) is 0 Å². The maximum Gasteiger partial charge on any atom is 0.314 e. The molecule has 0 saturated carbocycles. The summed E-state index contributed by atoms with van der Waals surface area (Å²) in [5.74, 6) is -0.136. The molecule has 2 amide bonds. The molecule has 0 spiro atoms. The third-order valence-corrected chi connectivity index (χ3v) is 3.57. The second-order valence-electron chi connectivity index (χ2n) is 5.11. The summed E-state index contributed by atoms with van der Waals surface area (Å²) in [6.07, 6.45) is 0. The minimum atomic E-state index is -3.55. The van der Waals surface area contributed by atoms with E-state index in [1.807, 2.05) is 37.3 Å². The van der Waals surface area contributed by atoms with Crippen molar-refractivity contribution in [1.29, 1.82) is 0 Å². The van der Waals surface area contributed by atoms with Gasteiger partial charge in [-0.3, -0.25) is 0 Å². The number of sulfonamides is 1. The van der Waals surface area contributed by atoms with Gasteiger partial charge in [-0.1, -0.05) is 37.3 Å². The molecular formula is C14H23N3O4S. The lowest BCUT2D eigenvalue weighted by molar-refractivity contribution is 0.0924. The molecule has 1 rings (SSSR count). The highest BCUT2D eigenvalue weighted by Crippen LogP contribution is 2.02. The fraction of sp³-hybridized carbons (Fsp3) is 0.500. The first kappa shape index (κ1) is 18.4. The first-order valence-electron chi connectivity index (χ1n) is 7.00. The van der Waals surface area contributed by atoms with Crippen LogP contribution in [0.2, 0.25) is 0 Å². The highest BCUT2D eigenvalue weighted by molar-refractivity contribution is 7.89. The summed E-state index contributed by atoms with van der Waals surface area (Å²) < 4.78 is 27.0. The van der Waals surface area contributed by atoms with E-state index in [2.05, 4.69) is 10.6 Å². The summed E-state index contributed by atoms with van der Waals surface area (Å²) in [6.45, 7) is 3.44. The Labute approximate surface area is 131 Å². The second kappa shape index (κ2) is 9.39. The molecule has 0 radical (unpaired) electrons. The zero-order chi connectivity index (χ0) is 16.4. The second-order valence-corrected chi connectivity index (χ2v) is 6.84. The van der Waals surface area contributed by atoms with Crippen molar-refractivity contribution < 1.29 is 17.9 Å². The molecule has 1 aromatic rings. The van der Waals surface area contributed by atoms with E-state index in [4.69, 9.17) is 9.88 Å². The number of carbonyl (C=O) groups excluding carboxylic acids is 1. The number of nitrogens with one attached hydrogen (secondary N) is 2. The number of carbonyl (C=O) groups is 1. The minimum Gasteiger partial charge on any atom is -0.376 e. The first-order chi connectivity index (χ1) is 10.4. The Hall–Kier alpha value is -1.64. The van der Waals surface area contributed by atoms with Crippen molar-refractivity contribution in [2.75, 3.05) is 25.4 Å². The molecule has 0 aliphatic rings. The van der Waals surface area contributed by atoms with E-state index in [1.165, 1.54) is 0 Å². The molecule has 0 heterocycles.